The molecule has 7 heteroatoms. The molecule has 0 amide bonds. The van der Waals surface area contributed by atoms with Gasteiger partial charge in [-0.15, -0.1) is 23.1 Å². The summed E-state index contributed by atoms with van der Waals surface area (Å²) in [6, 6.07) is 6.72. The first kappa shape index (κ1) is 16.3. The molecule has 0 atom stereocenters. The highest BCUT2D eigenvalue weighted by Gasteiger charge is 2.11. The predicted octanol–water partition coefficient (Wildman–Crippen LogP) is 4.10. The lowest BCUT2D eigenvalue weighted by Gasteiger charge is -2.01. The van der Waals surface area contributed by atoms with Crippen LogP contribution in [0.15, 0.2) is 33.5 Å². The molecule has 1 heterocycles. The molecular formula is C14H14FNO2S3. The lowest BCUT2D eigenvalue weighted by atomic mass is 10.3. The number of thioether (sulfide) groups is 2. The third-order valence-corrected chi connectivity index (χ3v) is 6.20. The Morgan fingerprint density at radius 3 is 2.76 bits per heavy atom. The highest BCUT2D eigenvalue weighted by molar-refractivity contribution is 8.03. The number of benzene rings is 1. The van der Waals surface area contributed by atoms with Gasteiger partial charge in [-0.2, -0.15) is 0 Å². The van der Waals surface area contributed by atoms with Gasteiger partial charge in [0.25, 0.3) is 0 Å². The van der Waals surface area contributed by atoms with Gasteiger partial charge in [-0.1, -0.05) is 23.9 Å². The van der Waals surface area contributed by atoms with E-state index < -0.39 is 5.97 Å². The molecule has 0 spiro atoms. The molecule has 0 unspecified atom stereocenters. The predicted molar refractivity (Wildman–Crippen MR) is 86.0 cm³/mol. The van der Waals surface area contributed by atoms with Crippen LogP contribution < -0.4 is 0 Å². The smallest absolute Gasteiger partial charge is 0.308 e. The SMILES string of the molecule is Cc1nc(SCCSc2ccccc2F)sc1CC(=O)O. The Hall–Kier alpha value is -1.05. The van der Waals surface area contributed by atoms with Crippen molar-refractivity contribution in [1.29, 1.82) is 0 Å². The minimum Gasteiger partial charge on any atom is -0.481 e. The van der Waals surface area contributed by atoms with Crippen LogP contribution in [0.2, 0.25) is 0 Å². The molecule has 21 heavy (non-hydrogen) atoms. The Balaban J connectivity index is 1.81. The van der Waals surface area contributed by atoms with Gasteiger partial charge in [0.2, 0.25) is 0 Å². The molecule has 112 valence electrons. The molecule has 1 N–H and O–H groups in total. The van der Waals surface area contributed by atoms with Crippen LogP contribution >= 0.6 is 34.9 Å². The van der Waals surface area contributed by atoms with E-state index in [-0.39, 0.29) is 12.2 Å². The number of carboxylic acids is 1. The summed E-state index contributed by atoms with van der Waals surface area (Å²) in [5.74, 6) is 0.548. The van der Waals surface area contributed by atoms with Crippen molar-refractivity contribution in [3.63, 3.8) is 0 Å². The fraction of sp³-hybridized carbons (Fsp3) is 0.286. The lowest BCUT2D eigenvalue weighted by Crippen LogP contribution is -1.99. The number of rotatable bonds is 7. The van der Waals surface area contributed by atoms with Crippen LogP contribution in [-0.4, -0.2) is 27.6 Å². The Morgan fingerprint density at radius 2 is 2.05 bits per heavy atom. The Kier molecular flexibility index (Phi) is 6.08. The quantitative estimate of drug-likeness (QED) is 0.606. The molecule has 0 aliphatic carbocycles. The van der Waals surface area contributed by atoms with Crippen molar-refractivity contribution in [2.45, 2.75) is 22.6 Å². The van der Waals surface area contributed by atoms with Crippen molar-refractivity contribution in [2.75, 3.05) is 11.5 Å². The van der Waals surface area contributed by atoms with Crippen LogP contribution in [-0.2, 0) is 11.2 Å². The highest BCUT2D eigenvalue weighted by atomic mass is 32.2. The van der Waals surface area contributed by atoms with Crippen molar-refractivity contribution in [1.82, 2.24) is 4.98 Å². The topological polar surface area (TPSA) is 50.2 Å². The fourth-order valence-electron chi connectivity index (χ4n) is 1.61. The van der Waals surface area contributed by atoms with Crippen LogP contribution in [0.1, 0.15) is 10.6 Å². The number of aliphatic carboxylic acids is 1. The van der Waals surface area contributed by atoms with Gasteiger partial charge in [-0.3, -0.25) is 4.79 Å². The number of halogens is 1. The van der Waals surface area contributed by atoms with Crippen molar-refractivity contribution in [3.05, 3.63) is 40.7 Å². The third-order valence-electron chi connectivity index (χ3n) is 2.59. The third kappa shape index (κ3) is 5.01. The second kappa shape index (κ2) is 7.82. The maximum Gasteiger partial charge on any atom is 0.308 e. The Bertz CT molecular complexity index is 630. The minimum absolute atomic E-state index is 0.0219. The minimum atomic E-state index is -0.839. The number of thiazole rings is 1. The standard InChI is InChI=1S/C14H14FNO2S3/c1-9-12(8-13(17)18)21-14(16-9)20-7-6-19-11-5-3-2-4-10(11)15/h2-5H,6-8H2,1H3,(H,17,18). The zero-order valence-corrected chi connectivity index (χ0v) is 13.8. The normalized spacial score (nSPS) is 10.8. The molecule has 2 rings (SSSR count). The first-order chi connectivity index (χ1) is 10.1. The van der Waals surface area contributed by atoms with E-state index in [0.29, 0.717) is 4.90 Å². The average Bonchev–Trinajstić information content (AvgIpc) is 2.76. The van der Waals surface area contributed by atoms with E-state index in [4.69, 9.17) is 5.11 Å². The summed E-state index contributed by atoms with van der Waals surface area (Å²) in [6.45, 7) is 1.83. The van der Waals surface area contributed by atoms with E-state index in [2.05, 4.69) is 4.98 Å². The second-order valence-electron chi connectivity index (χ2n) is 4.19. The second-order valence-corrected chi connectivity index (χ2v) is 7.75. The van der Waals surface area contributed by atoms with E-state index >= 15 is 0 Å². The molecule has 3 nitrogen and oxygen atoms in total. The molecule has 0 fully saturated rings. The summed E-state index contributed by atoms with van der Waals surface area (Å²) in [6.07, 6.45) is 0.0219. The van der Waals surface area contributed by atoms with Gasteiger partial charge in [0.05, 0.1) is 12.1 Å². The van der Waals surface area contributed by atoms with Crippen molar-refractivity contribution in [2.24, 2.45) is 0 Å². The number of aryl methyl sites for hydroxylation is 1. The molecule has 0 saturated heterocycles. The van der Waals surface area contributed by atoms with E-state index in [1.807, 2.05) is 13.0 Å². The van der Waals surface area contributed by atoms with Gasteiger partial charge in [0.15, 0.2) is 0 Å². The van der Waals surface area contributed by atoms with Crippen LogP contribution in [0.3, 0.4) is 0 Å². The van der Waals surface area contributed by atoms with E-state index in [1.54, 1.807) is 23.9 Å². The van der Waals surface area contributed by atoms with Gasteiger partial charge >= 0.3 is 5.97 Å². The zero-order valence-electron chi connectivity index (χ0n) is 11.3. The lowest BCUT2D eigenvalue weighted by molar-refractivity contribution is -0.136. The number of aromatic nitrogens is 1. The number of hydrogen-bond donors (Lipinski definition) is 1. The summed E-state index contributed by atoms with van der Waals surface area (Å²) >= 11 is 4.48. The van der Waals surface area contributed by atoms with Crippen molar-refractivity contribution < 1.29 is 14.3 Å². The summed E-state index contributed by atoms with van der Waals surface area (Å²) in [4.78, 5) is 16.5. The van der Waals surface area contributed by atoms with Crippen LogP contribution in [0.4, 0.5) is 4.39 Å². The van der Waals surface area contributed by atoms with Crippen LogP contribution in [0.5, 0.6) is 0 Å². The maximum atomic E-state index is 13.4. The van der Waals surface area contributed by atoms with Crippen LogP contribution in [0.25, 0.3) is 0 Å². The monoisotopic (exact) mass is 343 g/mol. The molecule has 0 saturated carbocycles. The number of hydrogen-bond acceptors (Lipinski definition) is 5. The highest BCUT2D eigenvalue weighted by Crippen LogP contribution is 2.29. The van der Waals surface area contributed by atoms with E-state index in [9.17, 15) is 9.18 Å². The van der Waals surface area contributed by atoms with Gasteiger partial charge in [0.1, 0.15) is 10.2 Å². The number of carbonyl (C=O) groups is 1. The summed E-state index contributed by atoms with van der Waals surface area (Å²) in [5, 5.41) is 8.80. The number of carboxylic acid groups (broad SMARTS) is 1. The molecule has 0 aliphatic heterocycles. The van der Waals surface area contributed by atoms with Gasteiger partial charge in [-0.25, -0.2) is 9.37 Å². The summed E-state index contributed by atoms with van der Waals surface area (Å²) < 4.78 is 14.3. The summed E-state index contributed by atoms with van der Waals surface area (Å²) in [5.41, 5.74) is 0.784. The average molecular weight is 343 g/mol. The first-order valence-corrected chi connectivity index (χ1v) is 9.03. The van der Waals surface area contributed by atoms with Crippen molar-refractivity contribution >= 4 is 40.8 Å². The molecule has 0 bridgehead atoms. The fourth-order valence-corrected chi connectivity index (χ4v) is 4.82. The van der Waals surface area contributed by atoms with E-state index in [0.717, 1.165) is 26.4 Å². The number of nitrogens with zero attached hydrogens (tertiary/aromatic N) is 1. The molecule has 0 aliphatic rings. The molecule has 2 aromatic rings. The van der Waals surface area contributed by atoms with Crippen LogP contribution in [0, 0.1) is 12.7 Å². The first-order valence-electron chi connectivity index (χ1n) is 6.24. The van der Waals surface area contributed by atoms with Gasteiger partial charge in [-0.05, 0) is 19.1 Å². The summed E-state index contributed by atoms with van der Waals surface area (Å²) in [7, 11) is 0. The molecular weight excluding hydrogens is 329 g/mol. The van der Waals surface area contributed by atoms with Crippen molar-refractivity contribution in [3.8, 4) is 0 Å². The van der Waals surface area contributed by atoms with E-state index in [1.165, 1.54) is 29.2 Å². The molecule has 0 radical (unpaired) electrons. The Morgan fingerprint density at radius 1 is 1.33 bits per heavy atom. The largest absolute Gasteiger partial charge is 0.481 e. The molecule has 1 aromatic carbocycles. The Labute approximate surface area is 135 Å². The van der Waals surface area contributed by atoms with Gasteiger partial charge in [0, 0.05) is 21.3 Å². The van der Waals surface area contributed by atoms with Gasteiger partial charge < -0.3 is 5.11 Å². The zero-order chi connectivity index (χ0) is 15.2. The maximum absolute atomic E-state index is 13.4. The molecule has 1 aromatic heterocycles.